The van der Waals surface area contributed by atoms with Crippen LogP contribution in [0.15, 0.2) is 28.4 Å². The Morgan fingerprint density at radius 3 is 2.62 bits per heavy atom. The van der Waals surface area contributed by atoms with Crippen molar-refractivity contribution in [3.05, 3.63) is 29.1 Å². The molecule has 0 saturated heterocycles. The van der Waals surface area contributed by atoms with Gasteiger partial charge in [-0.05, 0) is 12.3 Å². The zero-order chi connectivity index (χ0) is 13.8. The van der Waals surface area contributed by atoms with E-state index in [4.69, 9.17) is 5.11 Å². The maximum atomic E-state index is 11.9. The first-order chi connectivity index (χ1) is 9.10. The quantitative estimate of drug-likeness (QED) is 0.807. The average molecular weight is 352 g/mol. The van der Waals surface area contributed by atoms with Gasteiger partial charge in [-0.3, -0.25) is 4.79 Å². The van der Waals surface area contributed by atoms with Gasteiger partial charge in [0.05, 0.1) is 24.1 Å². The summed E-state index contributed by atoms with van der Waals surface area (Å²) in [5.41, 5.74) is 0.114. The summed E-state index contributed by atoms with van der Waals surface area (Å²) < 4.78 is 0. The van der Waals surface area contributed by atoms with Gasteiger partial charge in [-0.2, -0.15) is 0 Å². The molecule has 1 aliphatic heterocycles. The number of aliphatic imine (C=N–C) groups is 1. The van der Waals surface area contributed by atoms with Crippen molar-refractivity contribution >= 4 is 48.7 Å². The number of hydrogen-bond donors (Lipinski definition) is 2. The van der Waals surface area contributed by atoms with Crippen LogP contribution < -0.4 is 0 Å². The van der Waals surface area contributed by atoms with Crippen molar-refractivity contribution < 1.29 is 15.0 Å². The molecular formula is C12H15Cl2N3O3S. The van der Waals surface area contributed by atoms with Crippen LogP contribution in [0.3, 0.4) is 0 Å². The Bertz CT molecular complexity index is 567. The van der Waals surface area contributed by atoms with E-state index in [0.717, 1.165) is 17.3 Å². The normalized spacial score (nSPS) is 13.0. The van der Waals surface area contributed by atoms with Gasteiger partial charge in [-0.15, -0.1) is 36.6 Å². The maximum Gasteiger partial charge on any atom is 0.200 e. The molecule has 2 heterocycles. The van der Waals surface area contributed by atoms with Gasteiger partial charge in [0.1, 0.15) is 5.69 Å². The fourth-order valence-corrected chi connectivity index (χ4v) is 1.92. The second-order valence-corrected chi connectivity index (χ2v) is 4.73. The summed E-state index contributed by atoms with van der Waals surface area (Å²) in [6, 6.07) is 1.15. The molecule has 21 heavy (non-hydrogen) atoms. The van der Waals surface area contributed by atoms with Gasteiger partial charge in [0, 0.05) is 12.6 Å². The second-order valence-electron chi connectivity index (χ2n) is 3.90. The lowest BCUT2D eigenvalue weighted by Crippen LogP contribution is -2.30. The highest BCUT2D eigenvalue weighted by Crippen LogP contribution is 2.23. The molecule has 0 unspecified atom stereocenters. The van der Waals surface area contributed by atoms with Crippen molar-refractivity contribution in [2.45, 2.75) is 0 Å². The Labute approximate surface area is 138 Å². The van der Waals surface area contributed by atoms with Crippen LogP contribution in [0.1, 0.15) is 10.5 Å². The van der Waals surface area contributed by atoms with E-state index in [9.17, 15) is 9.90 Å². The zero-order valence-electron chi connectivity index (χ0n) is 11.1. The minimum absolute atomic E-state index is 0. The van der Waals surface area contributed by atoms with Crippen LogP contribution in [-0.4, -0.2) is 51.6 Å². The Morgan fingerprint density at radius 1 is 1.38 bits per heavy atom. The minimum atomic E-state index is -0.352. The first kappa shape index (κ1) is 19.6. The first-order valence-electron chi connectivity index (χ1n) is 5.53. The van der Waals surface area contributed by atoms with Gasteiger partial charge in [0.15, 0.2) is 11.5 Å². The van der Waals surface area contributed by atoms with Crippen molar-refractivity contribution in [1.82, 2.24) is 9.88 Å². The molecule has 0 radical (unpaired) electrons. The molecule has 2 N–H and O–H groups in total. The Kier molecular flexibility index (Phi) is 8.16. The highest BCUT2D eigenvalue weighted by atomic mass is 35.5. The van der Waals surface area contributed by atoms with Crippen LogP contribution in [0.4, 0.5) is 0 Å². The topological polar surface area (TPSA) is 86.0 Å². The predicted octanol–water partition coefficient (Wildman–Crippen LogP) is 2.07. The van der Waals surface area contributed by atoms with E-state index in [1.165, 1.54) is 0 Å². The van der Waals surface area contributed by atoms with Gasteiger partial charge >= 0.3 is 0 Å². The predicted molar refractivity (Wildman–Crippen MR) is 88.1 cm³/mol. The molecule has 1 aliphatic rings. The molecule has 9 heteroatoms. The van der Waals surface area contributed by atoms with Crippen molar-refractivity contribution in [3.63, 3.8) is 0 Å². The highest BCUT2D eigenvalue weighted by Gasteiger charge is 2.14. The first-order valence-corrected chi connectivity index (χ1v) is 6.76. The Hall–Kier alpha value is -1.44. The average Bonchev–Trinajstić information content (AvgIpc) is 2.42. The number of ketones is 1. The monoisotopic (exact) mass is 351 g/mol. The van der Waals surface area contributed by atoms with Crippen molar-refractivity contribution in [2.75, 3.05) is 19.3 Å². The zero-order valence-corrected chi connectivity index (χ0v) is 13.5. The molecule has 1 aromatic heterocycles. The third kappa shape index (κ3) is 5.11. The molecule has 0 fully saturated rings. The summed E-state index contributed by atoms with van der Waals surface area (Å²) in [6.45, 7) is 0.731. The summed E-state index contributed by atoms with van der Waals surface area (Å²) in [6.07, 6.45) is 6.54. The summed E-state index contributed by atoms with van der Waals surface area (Å²) in [7, 11) is 0. The van der Waals surface area contributed by atoms with E-state index < -0.39 is 0 Å². The molecular weight excluding hydrogens is 337 g/mol. The molecule has 0 aromatic carbocycles. The largest absolute Gasteiger partial charge is 0.504 e. The minimum Gasteiger partial charge on any atom is -0.504 e. The van der Waals surface area contributed by atoms with Gasteiger partial charge in [-0.1, -0.05) is 0 Å². The van der Waals surface area contributed by atoms with Crippen molar-refractivity contribution in [1.29, 1.82) is 0 Å². The summed E-state index contributed by atoms with van der Waals surface area (Å²) in [4.78, 5) is 21.6. The molecule has 0 aliphatic carbocycles. The highest BCUT2D eigenvalue weighted by molar-refractivity contribution is 8.02. The fourth-order valence-electron chi connectivity index (χ4n) is 1.53. The second kappa shape index (κ2) is 8.76. The number of halogens is 2. The third-order valence-electron chi connectivity index (χ3n) is 2.55. The molecule has 0 amide bonds. The number of thioether (sulfide) groups is 1. The van der Waals surface area contributed by atoms with Crippen LogP contribution in [0.25, 0.3) is 0 Å². The van der Waals surface area contributed by atoms with Crippen molar-refractivity contribution in [2.24, 2.45) is 4.99 Å². The fraction of sp³-hybridized carbons (Fsp3) is 0.250. The Balaban J connectivity index is 0.00000200. The van der Waals surface area contributed by atoms with Crippen LogP contribution in [0, 0.1) is 0 Å². The number of aromatic nitrogens is 1. The lowest BCUT2D eigenvalue weighted by molar-refractivity contribution is 0.0962. The van der Waals surface area contributed by atoms with E-state index in [1.54, 1.807) is 23.0 Å². The molecule has 0 saturated carbocycles. The molecule has 0 atom stereocenters. The smallest absolute Gasteiger partial charge is 0.200 e. The lowest BCUT2D eigenvalue weighted by Gasteiger charge is -2.20. The van der Waals surface area contributed by atoms with Crippen LogP contribution in [-0.2, 0) is 0 Å². The summed E-state index contributed by atoms with van der Waals surface area (Å²) in [5, 5.41) is 19.4. The van der Waals surface area contributed by atoms with E-state index in [2.05, 4.69) is 9.98 Å². The Morgan fingerprint density at radius 2 is 2.10 bits per heavy atom. The van der Waals surface area contributed by atoms with Gasteiger partial charge in [0.25, 0.3) is 0 Å². The summed E-state index contributed by atoms with van der Waals surface area (Å²) >= 11 is 1.55. The number of carbonyl (C=O) groups is 1. The number of Topliss-reactive ketones (excluding diaryl/α,β-unsaturated/α-hetero) is 1. The number of aromatic hydroxyl groups is 2. The standard InChI is InChI=1S/C12H13N3O3S.2ClH/c1-19-12-2-3-15(7-14-12)6-11(18)8-4-9(16)10(17)5-13-8;;/h2,4-5,7,17H,3,6H2,1H3,(H,13,16);2*1H. The van der Waals surface area contributed by atoms with Gasteiger partial charge < -0.3 is 15.1 Å². The van der Waals surface area contributed by atoms with E-state index in [0.29, 0.717) is 6.54 Å². The number of pyridine rings is 1. The van der Waals surface area contributed by atoms with Gasteiger partial charge in [-0.25, -0.2) is 9.98 Å². The summed E-state index contributed by atoms with van der Waals surface area (Å²) in [5.74, 6) is -0.943. The lowest BCUT2D eigenvalue weighted by atomic mass is 10.2. The molecule has 0 bridgehead atoms. The number of rotatable bonds is 4. The van der Waals surface area contributed by atoms with Gasteiger partial charge in [0.2, 0.25) is 5.78 Å². The number of carbonyl (C=O) groups excluding carboxylic acids is 1. The molecule has 2 rings (SSSR count). The van der Waals surface area contributed by atoms with Crippen LogP contribution >= 0.6 is 36.6 Å². The van der Waals surface area contributed by atoms with Crippen LogP contribution in [0.5, 0.6) is 11.5 Å². The third-order valence-corrected chi connectivity index (χ3v) is 3.24. The molecule has 116 valence electrons. The molecule has 6 nitrogen and oxygen atoms in total. The van der Waals surface area contributed by atoms with Crippen molar-refractivity contribution in [3.8, 4) is 11.5 Å². The van der Waals surface area contributed by atoms with E-state index >= 15 is 0 Å². The van der Waals surface area contributed by atoms with E-state index in [1.807, 2.05) is 12.3 Å². The SMILES string of the molecule is CSC1=CCN(CC(=O)c2cc(O)c(O)cn2)C=N1.Cl.Cl. The molecule has 1 aromatic rings. The maximum absolute atomic E-state index is 11.9. The molecule has 0 spiro atoms. The number of hydrogen-bond acceptors (Lipinski definition) is 7. The van der Waals surface area contributed by atoms with E-state index in [-0.39, 0.29) is 54.3 Å². The number of nitrogens with zero attached hydrogens (tertiary/aromatic N) is 3. The van der Waals surface area contributed by atoms with Crippen LogP contribution in [0.2, 0.25) is 0 Å².